The van der Waals surface area contributed by atoms with E-state index in [4.69, 9.17) is 9.47 Å². The van der Waals surface area contributed by atoms with Gasteiger partial charge < -0.3 is 14.6 Å². The molecule has 0 aromatic heterocycles. The maximum absolute atomic E-state index is 13.3. The standard InChI is InChI=1S/C31H33NO5/c1-3-5-9-21-37-26-18-14-23(15-19-26)29(33)27-28(22-12-16-25(17-13-22)36-20-4-2)32(31(35)30(27)34)24-10-7-6-8-11-24/h6-8,10-19,28,33H,3-5,9,20-21H2,1-2H3/b29-27+. The van der Waals surface area contributed by atoms with Crippen LogP contribution in [0.2, 0.25) is 0 Å². The van der Waals surface area contributed by atoms with Gasteiger partial charge in [-0.2, -0.15) is 0 Å². The highest BCUT2D eigenvalue weighted by molar-refractivity contribution is 6.51. The number of carbonyl (C=O) groups is 2. The van der Waals surface area contributed by atoms with Crippen molar-refractivity contribution in [3.63, 3.8) is 0 Å². The third-order valence-corrected chi connectivity index (χ3v) is 6.29. The van der Waals surface area contributed by atoms with E-state index >= 15 is 0 Å². The van der Waals surface area contributed by atoms with Crippen molar-refractivity contribution in [2.45, 2.75) is 45.6 Å². The number of rotatable bonds is 11. The summed E-state index contributed by atoms with van der Waals surface area (Å²) in [6.07, 6.45) is 4.08. The lowest BCUT2D eigenvalue weighted by Gasteiger charge is -2.25. The predicted molar refractivity (Wildman–Crippen MR) is 145 cm³/mol. The molecule has 0 spiro atoms. The maximum atomic E-state index is 13.3. The Morgan fingerprint density at radius 1 is 0.784 bits per heavy atom. The lowest BCUT2D eigenvalue weighted by molar-refractivity contribution is -0.132. The van der Waals surface area contributed by atoms with Gasteiger partial charge in [0.25, 0.3) is 11.7 Å². The summed E-state index contributed by atoms with van der Waals surface area (Å²) >= 11 is 0. The number of carbonyl (C=O) groups excluding carboxylic acids is 2. The van der Waals surface area contributed by atoms with Crippen LogP contribution in [0.4, 0.5) is 5.69 Å². The molecule has 0 saturated carbocycles. The van der Waals surface area contributed by atoms with E-state index < -0.39 is 17.7 Å². The van der Waals surface area contributed by atoms with Crippen LogP contribution in [-0.4, -0.2) is 30.0 Å². The Labute approximate surface area is 218 Å². The van der Waals surface area contributed by atoms with Gasteiger partial charge in [-0.25, -0.2) is 0 Å². The fourth-order valence-electron chi connectivity index (χ4n) is 4.38. The van der Waals surface area contributed by atoms with Gasteiger partial charge in [-0.15, -0.1) is 0 Å². The number of aliphatic hydroxyl groups excluding tert-OH is 1. The third kappa shape index (κ3) is 5.85. The topological polar surface area (TPSA) is 76.1 Å². The lowest BCUT2D eigenvalue weighted by atomic mass is 9.95. The minimum absolute atomic E-state index is 0.0488. The number of amides is 1. The second-order valence-corrected chi connectivity index (χ2v) is 9.00. The summed E-state index contributed by atoms with van der Waals surface area (Å²) in [6, 6.07) is 22.5. The molecule has 1 amide bonds. The highest BCUT2D eigenvalue weighted by Gasteiger charge is 2.46. The van der Waals surface area contributed by atoms with Gasteiger partial charge in [0.05, 0.1) is 24.8 Å². The van der Waals surface area contributed by atoms with Gasteiger partial charge in [-0.1, -0.05) is 57.0 Å². The van der Waals surface area contributed by atoms with Crippen molar-refractivity contribution in [2.24, 2.45) is 0 Å². The first-order chi connectivity index (χ1) is 18.0. The van der Waals surface area contributed by atoms with E-state index in [0.717, 1.165) is 25.7 Å². The smallest absolute Gasteiger partial charge is 0.300 e. The number of ether oxygens (including phenoxy) is 2. The van der Waals surface area contributed by atoms with Crippen LogP contribution in [0.3, 0.4) is 0 Å². The summed E-state index contributed by atoms with van der Waals surface area (Å²) in [4.78, 5) is 28.0. The molecule has 1 aliphatic rings. The number of hydrogen-bond acceptors (Lipinski definition) is 5. The van der Waals surface area contributed by atoms with Crippen LogP contribution >= 0.6 is 0 Å². The Balaban J connectivity index is 1.72. The molecule has 0 bridgehead atoms. The molecule has 1 unspecified atom stereocenters. The first-order valence-electron chi connectivity index (χ1n) is 12.9. The molecule has 1 fully saturated rings. The van der Waals surface area contributed by atoms with Crippen LogP contribution in [-0.2, 0) is 9.59 Å². The van der Waals surface area contributed by atoms with Crippen LogP contribution in [0, 0.1) is 0 Å². The number of benzene rings is 3. The van der Waals surface area contributed by atoms with Gasteiger partial charge >= 0.3 is 0 Å². The summed E-state index contributed by atoms with van der Waals surface area (Å²) < 4.78 is 11.5. The second kappa shape index (κ2) is 12.3. The molecule has 0 radical (unpaired) electrons. The molecule has 3 aromatic carbocycles. The number of anilines is 1. The Kier molecular flexibility index (Phi) is 8.62. The Morgan fingerprint density at radius 2 is 1.41 bits per heavy atom. The number of hydrogen-bond donors (Lipinski definition) is 1. The molecule has 1 heterocycles. The van der Waals surface area contributed by atoms with E-state index in [2.05, 4.69) is 6.92 Å². The SMILES string of the molecule is CCCCCOc1ccc(/C(O)=C2\C(=O)C(=O)N(c3ccccc3)C2c2ccc(OCCC)cc2)cc1. The average molecular weight is 500 g/mol. The summed E-state index contributed by atoms with van der Waals surface area (Å²) in [5.41, 5.74) is 1.77. The zero-order valence-electron chi connectivity index (χ0n) is 21.4. The Bertz CT molecular complexity index is 1230. The summed E-state index contributed by atoms with van der Waals surface area (Å²) in [6.45, 7) is 5.40. The molecule has 4 rings (SSSR count). The minimum atomic E-state index is -0.785. The summed E-state index contributed by atoms with van der Waals surface area (Å²) in [5, 5.41) is 11.3. The molecule has 1 atom stereocenters. The van der Waals surface area contributed by atoms with E-state index in [0.29, 0.717) is 41.5 Å². The fraction of sp³-hybridized carbons (Fsp3) is 0.290. The van der Waals surface area contributed by atoms with Gasteiger partial charge in [0, 0.05) is 11.3 Å². The van der Waals surface area contributed by atoms with E-state index in [1.54, 1.807) is 36.4 Å². The van der Waals surface area contributed by atoms with E-state index in [1.807, 2.05) is 49.4 Å². The molecular formula is C31H33NO5. The molecule has 6 heteroatoms. The summed E-state index contributed by atoms with van der Waals surface area (Å²) in [5.74, 6) is -0.225. The van der Waals surface area contributed by atoms with Crippen molar-refractivity contribution in [1.82, 2.24) is 0 Å². The van der Waals surface area contributed by atoms with Crippen molar-refractivity contribution in [1.29, 1.82) is 0 Å². The molecule has 1 N–H and O–H groups in total. The summed E-state index contributed by atoms with van der Waals surface area (Å²) in [7, 11) is 0. The third-order valence-electron chi connectivity index (χ3n) is 6.29. The molecule has 3 aromatic rings. The molecular weight excluding hydrogens is 466 g/mol. The van der Waals surface area contributed by atoms with Crippen LogP contribution in [0.5, 0.6) is 11.5 Å². The molecule has 0 aliphatic carbocycles. The molecule has 1 aliphatic heterocycles. The van der Waals surface area contributed by atoms with E-state index in [1.165, 1.54) is 4.90 Å². The van der Waals surface area contributed by atoms with Crippen molar-refractivity contribution >= 4 is 23.1 Å². The van der Waals surface area contributed by atoms with Crippen LogP contribution < -0.4 is 14.4 Å². The van der Waals surface area contributed by atoms with Crippen LogP contribution in [0.1, 0.15) is 56.7 Å². The average Bonchev–Trinajstić information content (AvgIpc) is 3.20. The second-order valence-electron chi connectivity index (χ2n) is 9.00. The number of para-hydroxylation sites is 1. The maximum Gasteiger partial charge on any atom is 0.300 e. The molecule has 192 valence electrons. The first kappa shape index (κ1) is 26.0. The van der Waals surface area contributed by atoms with Crippen molar-refractivity contribution < 1.29 is 24.2 Å². The van der Waals surface area contributed by atoms with E-state index in [-0.39, 0.29) is 11.3 Å². The van der Waals surface area contributed by atoms with Gasteiger partial charge in [0.1, 0.15) is 17.3 Å². The van der Waals surface area contributed by atoms with Crippen molar-refractivity contribution in [3.05, 3.63) is 95.6 Å². The number of ketones is 1. The quantitative estimate of drug-likeness (QED) is 0.138. The number of Topliss-reactive ketones (excluding diaryl/α,β-unsaturated/α-hetero) is 1. The molecule has 6 nitrogen and oxygen atoms in total. The predicted octanol–water partition coefficient (Wildman–Crippen LogP) is 6.67. The Hall–Kier alpha value is -4.06. The van der Waals surface area contributed by atoms with Gasteiger partial charge in [0.15, 0.2) is 0 Å². The normalized spacial score (nSPS) is 16.7. The van der Waals surface area contributed by atoms with Crippen molar-refractivity contribution in [2.75, 3.05) is 18.1 Å². The van der Waals surface area contributed by atoms with Gasteiger partial charge in [-0.3, -0.25) is 14.5 Å². The molecule has 1 saturated heterocycles. The first-order valence-corrected chi connectivity index (χ1v) is 12.9. The largest absolute Gasteiger partial charge is 0.507 e. The zero-order chi connectivity index (χ0) is 26.2. The van der Waals surface area contributed by atoms with Crippen molar-refractivity contribution in [3.8, 4) is 11.5 Å². The highest BCUT2D eigenvalue weighted by Crippen LogP contribution is 2.42. The van der Waals surface area contributed by atoms with Crippen LogP contribution in [0.25, 0.3) is 5.76 Å². The van der Waals surface area contributed by atoms with Gasteiger partial charge in [0.2, 0.25) is 0 Å². The van der Waals surface area contributed by atoms with E-state index in [9.17, 15) is 14.7 Å². The van der Waals surface area contributed by atoms with Crippen LogP contribution in [0.15, 0.2) is 84.4 Å². The number of aliphatic hydroxyl groups is 1. The molecule has 37 heavy (non-hydrogen) atoms. The van der Waals surface area contributed by atoms with Gasteiger partial charge in [-0.05, 0) is 66.9 Å². The Morgan fingerprint density at radius 3 is 2.03 bits per heavy atom. The fourth-order valence-corrected chi connectivity index (χ4v) is 4.38. The minimum Gasteiger partial charge on any atom is -0.507 e. The zero-order valence-corrected chi connectivity index (χ0v) is 21.4. The number of unbranched alkanes of at least 4 members (excludes halogenated alkanes) is 2. The highest BCUT2D eigenvalue weighted by atomic mass is 16.5. The number of nitrogens with zero attached hydrogens (tertiary/aromatic N) is 1. The lowest BCUT2D eigenvalue weighted by Crippen LogP contribution is -2.29. The monoisotopic (exact) mass is 499 g/mol.